The molecule has 0 radical (unpaired) electrons. The number of benzene rings is 1. The summed E-state index contributed by atoms with van der Waals surface area (Å²) in [7, 11) is 0. The second kappa shape index (κ2) is 8.75. The summed E-state index contributed by atoms with van der Waals surface area (Å²) in [5.74, 6) is 0.552. The van der Waals surface area contributed by atoms with Gasteiger partial charge in [0.1, 0.15) is 28.9 Å². The Hall–Kier alpha value is -2.77. The Balaban J connectivity index is 1.72. The van der Waals surface area contributed by atoms with Crippen molar-refractivity contribution in [2.24, 2.45) is 0 Å². The summed E-state index contributed by atoms with van der Waals surface area (Å²) in [5, 5.41) is 7.30. The van der Waals surface area contributed by atoms with Gasteiger partial charge in [-0.3, -0.25) is 9.89 Å². The van der Waals surface area contributed by atoms with Gasteiger partial charge in [0.25, 0.3) is 5.91 Å². The minimum Gasteiger partial charge on any atom is -0.492 e. The number of anilines is 1. The molecule has 3 rings (SSSR count). The Kier molecular flexibility index (Phi) is 6.16. The minimum absolute atomic E-state index is 0.208. The number of aromatic amines is 1. The minimum atomic E-state index is -0.280. The van der Waals surface area contributed by atoms with Gasteiger partial charge in [0, 0.05) is 5.02 Å². The number of carbonyl (C=O) groups excluding carboxylic acids is 1. The van der Waals surface area contributed by atoms with Crippen LogP contribution in [0, 0.1) is 0 Å². The van der Waals surface area contributed by atoms with Crippen LogP contribution in [-0.2, 0) is 6.54 Å². The number of hydrogen-bond acceptors (Lipinski definition) is 5. The fourth-order valence-corrected chi connectivity index (χ4v) is 2.82. The van der Waals surface area contributed by atoms with E-state index in [2.05, 4.69) is 15.2 Å². The largest absolute Gasteiger partial charge is 0.492 e. The normalized spacial score (nSPS) is 10.6. The van der Waals surface area contributed by atoms with E-state index in [0.717, 1.165) is 0 Å². The van der Waals surface area contributed by atoms with E-state index in [-0.39, 0.29) is 24.9 Å². The maximum absolute atomic E-state index is 12.9. The average Bonchev–Trinajstić information content (AvgIpc) is 3.06. The zero-order valence-electron chi connectivity index (χ0n) is 14.2. The van der Waals surface area contributed by atoms with Gasteiger partial charge < -0.3 is 15.4 Å². The van der Waals surface area contributed by atoms with Crippen LogP contribution in [0.15, 0.2) is 48.7 Å². The lowest BCUT2D eigenvalue weighted by Gasteiger charge is -2.22. The predicted molar refractivity (Wildman–Crippen MR) is 104 cm³/mol. The second-order valence-corrected chi connectivity index (χ2v) is 6.51. The Morgan fingerprint density at radius 1 is 1.22 bits per heavy atom. The highest BCUT2D eigenvalue weighted by molar-refractivity contribution is 6.30. The summed E-state index contributed by atoms with van der Waals surface area (Å²) in [4.78, 5) is 18.7. The van der Waals surface area contributed by atoms with Gasteiger partial charge in [0.2, 0.25) is 0 Å². The number of halogens is 2. The number of hydrogen-bond donors (Lipinski definition) is 2. The molecule has 0 aliphatic carbocycles. The first-order valence-corrected chi connectivity index (χ1v) is 8.86. The van der Waals surface area contributed by atoms with Crippen molar-refractivity contribution >= 4 is 34.9 Å². The lowest BCUT2D eigenvalue weighted by atomic mass is 10.2. The molecule has 2 aromatic heterocycles. The van der Waals surface area contributed by atoms with E-state index in [9.17, 15) is 4.79 Å². The Morgan fingerprint density at radius 2 is 2.04 bits per heavy atom. The third-order valence-corrected chi connectivity index (χ3v) is 4.18. The first-order valence-electron chi connectivity index (χ1n) is 8.11. The molecule has 0 atom stereocenters. The molecule has 0 aliphatic rings. The molecular weight excluding hydrogens is 389 g/mol. The van der Waals surface area contributed by atoms with Crippen LogP contribution >= 0.6 is 23.2 Å². The fourth-order valence-electron chi connectivity index (χ4n) is 2.45. The Morgan fingerprint density at radius 3 is 2.74 bits per heavy atom. The average molecular weight is 406 g/mol. The van der Waals surface area contributed by atoms with Crippen LogP contribution in [0.4, 0.5) is 5.82 Å². The topological polar surface area (TPSA) is 97.1 Å². The van der Waals surface area contributed by atoms with E-state index in [1.54, 1.807) is 47.4 Å². The van der Waals surface area contributed by atoms with Crippen LogP contribution in [0.2, 0.25) is 10.2 Å². The first-order chi connectivity index (χ1) is 13.0. The van der Waals surface area contributed by atoms with Gasteiger partial charge >= 0.3 is 0 Å². The molecule has 9 heteroatoms. The van der Waals surface area contributed by atoms with E-state index >= 15 is 0 Å². The lowest BCUT2D eigenvalue weighted by molar-refractivity contribution is 0.0715. The van der Waals surface area contributed by atoms with Crippen LogP contribution in [0.1, 0.15) is 16.1 Å². The molecule has 2 heterocycles. The molecule has 3 N–H and O–H groups in total. The van der Waals surface area contributed by atoms with Gasteiger partial charge in [-0.15, -0.1) is 0 Å². The summed E-state index contributed by atoms with van der Waals surface area (Å²) in [6.07, 6.45) is 1.40. The number of nitrogens with zero attached hydrogens (tertiary/aromatic N) is 3. The number of H-pyrrole nitrogens is 1. The molecule has 0 bridgehead atoms. The summed E-state index contributed by atoms with van der Waals surface area (Å²) in [6.45, 7) is 0.831. The quantitative estimate of drug-likeness (QED) is 0.586. The highest BCUT2D eigenvalue weighted by Crippen LogP contribution is 2.18. The van der Waals surface area contributed by atoms with Crippen LogP contribution in [0.25, 0.3) is 0 Å². The number of pyridine rings is 1. The molecule has 7 nitrogen and oxygen atoms in total. The van der Waals surface area contributed by atoms with Crippen LogP contribution in [-0.4, -0.2) is 39.1 Å². The molecule has 1 aromatic carbocycles. The number of carbonyl (C=O) groups is 1. The van der Waals surface area contributed by atoms with Crippen molar-refractivity contribution < 1.29 is 9.53 Å². The summed E-state index contributed by atoms with van der Waals surface area (Å²) in [6, 6.07) is 12.3. The number of ether oxygens (including phenoxy) is 1. The van der Waals surface area contributed by atoms with Gasteiger partial charge in [-0.05, 0) is 30.3 Å². The van der Waals surface area contributed by atoms with Crippen molar-refractivity contribution in [3.8, 4) is 5.75 Å². The number of aromatic nitrogens is 3. The molecule has 140 valence electrons. The summed E-state index contributed by atoms with van der Waals surface area (Å²) < 4.78 is 5.70. The summed E-state index contributed by atoms with van der Waals surface area (Å²) >= 11 is 11.9. The van der Waals surface area contributed by atoms with Crippen LogP contribution < -0.4 is 10.5 Å². The molecule has 27 heavy (non-hydrogen) atoms. The molecule has 3 aromatic rings. The smallest absolute Gasteiger partial charge is 0.259 e. The number of nitrogens with one attached hydrogen (secondary N) is 1. The van der Waals surface area contributed by atoms with Crippen molar-refractivity contribution in [1.82, 2.24) is 20.1 Å². The molecule has 1 amide bonds. The monoisotopic (exact) mass is 405 g/mol. The molecule has 0 spiro atoms. The second-order valence-electron chi connectivity index (χ2n) is 5.68. The van der Waals surface area contributed by atoms with Gasteiger partial charge in [0.15, 0.2) is 0 Å². The van der Waals surface area contributed by atoms with Gasteiger partial charge in [-0.1, -0.05) is 35.3 Å². The highest BCUT2D eigenvalue weighted by Gasteiger charge is 2.20. The van der Waals surface area contributed by atoms with Crippen LogP contribution in [0.3, 0.4) is 0 Å². The van der Waals surface area contributed by atoms with Gasteiger partial charge in [0.05, 0.1) is 25.0 Å². The van der Waals surface area contributed by atoms with Crippen molar-refractivity contribution in [2.45, 2.75) is 6.54 Å². The van der Waals surface area contributed by atoms with Crippen molar-refractivity contribution in [3.05, 3.63) is 70.1 Å². The number of nitrogens with two attached hydrogens (primary N) is 1. The fraction of sp³-hybridized carbons (Fsp3) is 0.167. The molecule has 0 saturated heterocycles. The molecule has 0 saturated carbocycles. The Bertz CT molecular complexity index is 931. The Labute approximate surface area is 166 Å². The number of rotatable bonds is 7. The molecule has 0 unspecified atom stereocenters. The molecular formula is C18H17Cl2N5O2. The molecule has 0 fully saturated rings. The first kappa shape index (κ1) is 19.0. The zero-order valence-corrected chi connectivity index (χ0v) is 15.7. The van der Waals surface area contributed by atoms with E-state index < -0.39 is 0 Å². The maximum Gasteiger partial charge on any atom is 0.259 e. The predicted octanol–water partition coefficient (Wildman–Crippen LogP) is 3.42. The lowest BCUT2D eigenvalue weighted by Crippen LogP contribution is -2.34. The number of nitrogen functional groups attached to an aromatic ring is 1. The maximum atomic E-state index is 12.9. The third-order valence-electron chi connectivity index (χ3n) is 3.74. The molecule has 0 aliphatic heterocycles. The highest BCUT2D eigenvalue weighted by atomic mass is 35.5. The number of amides is 1. The van der Waals surface area contributed by atoms with Gasteiger partial charge in [-0.2, -0.15) is 5.10 Å². The van der Waals surface area contributed by atoms with Crippen molar-refractivity contribution in [3.63, 3.8) is 0 Å². The van der Waals surface area contributed by atoms with Crippen molar-refractivity contribution in [2.75, 3.05) is 18.9 Å². The third kappa shape index (κ3) is 5.12. The van der Waals surface area contributed by atoms with E-state index in [4.69, 9.17) is 33.7 Å². The summed E-state index contributed by atoms with van der Waals surface area (Å²) in [5.41, 5.74) is 6.73. The van der Waals surface area contributed by atoms with Crippen LogP contribution in [0.5, 0.6) is 5.75 Å². The SMILES string of the molecule is Nc1[nH]ncc1C(=O)N(CCOc1cccc(Cl)c1)Cc1cccc(Cl)n1. The van der Waals surface area contributed by atoms with E-state index in [1.807, 2.05) is 0 Å². The zero-order chi connectivity index (χ0) is 19.2. The van der Waals surface area contributed by atoms with E-state index in [0.29, 0.717) is 33.7 Å². The van der Waals surface area contributed by atoms with Crippen molar-refractivity contribution in [1.29, 1.82) is 0 Å². The van der Waals surface area contributed by atoms with E-state index in [1.165, 1.54) is 6.20 Å². The standard InChI is InChI=1S/C18H17Cl2N5O2/c19-12-3-1-5-14(9-12)27-8-7-25(11-13-4-2-6-16(20)23-13)18(26)15-10-22-24-17(15)21/h1-6,9-10H,7-8,11H2,(H3,21,22,24). The van der Waals surface area contributed by atoms with Gasteiger partial charge in [-0.25, -0.2) is 4.98 Å².